The third-order valence-corrected chi connectivity index (χ3v) is 2.95. The van der Waals surface area contributed by atoms with Gasteiger partial charge >= 0.3 is 0 Å². The van der Waals surface area contributed by atoms with Gasteiger partial charge in [0, 0.05) is 18.8 Å². The molecular weight excluding hydrogens is 170 g/mol. The van der Waals surface area contributed by atoms with Crippen molar-refractivity contribution in [3.63, 3.8) is 0 Å². The topological polar surface area (TPSA) is 3.24 Å². The number of likely N-dealkylation sites (N-methyl/N-ethyl adjacent to an activating group) is 1. The van der Waals surface area contributed by atoms with Crippen molar-refractivity contribution in [3.8, 4) is 0 Å². The Kier molecular flexibility index (Phi) is 2.32. The van der Waals surface area contributed by atoms with Crippen LogP contribution in [0.2, 0.25) is 0 Å². The predicted molar refractivity (Wildman–Crippen MR) is 62.7 cm³/mol. The van der Waals surface area contributed by atoms with Gasteiger partial charge in [-0.2, -0.15) is 0 Å². The molecule has 0 aromatic heterocycles. The summed E-state index contributed by atoms with van der Waals surface area (Å²) in [6, 6.07) is 6.69. The minimum absolute atomic E-state index is 1.11. The van der Waals surface area contributed by atoms with E-state index in [0.717, 1.165) is 12.1 Å². The summed E-state index contributed by atoms with van der Waals surface area (Å²) in [7, 11) is 0. The standard InChI is InChI=1S/C13H17N/c1-4-14-8-7-12-9-11(10(2)3)5-6-13(12)14/h5-6,9H,2,4,7-8H2,1,3H3. The van der Waals surface area contributed by atoms with Crippen LogP contribution < -0.4 is 4.90 Å². The molecule has 0 bridgehead atoms. The number of hydrogen-bond donors (Lipinski definition) is 0. The van der Waals surface area contributed by atoms with Crippen molar-refractivity contribution in [2.24, 2.45) is 0 Å². The van der Waals surface area contributed by atoms with E-state index in [-0.39, 0.29) is 0 Å². The van der Waals surface area contributed by atoms with Gasteiger partial charge in [0.15, 0.2) is 0 Å². The second-order valence-electron chi connectivity index (χ2n) is 3.95. The Morgan fingerprint density at radius 1 is 1.50 bits per heavy atom. The van der Waals surface area contributed by atoms with Crippen LogP contribution in [0.25, 0.3) is 5.57 Å². The number of benzene rings is 1. The van der Waals surface area contributed by atoms with Crippen LogP contribution in [0.15, 0.2) is 24.8 Å². The lowest BCUT2D eigenvalue weighted by Crippen LogP contribution is -2.18. The maximum atomic E-state index is 3.98. The molecule has 0 saturated carbocycles. The summed E-state index contributed by atoms with van der Waals surface area (Å²) in [6.45, 7) is 10.5. The highest BCUT2D eigenvalue weighted by Crippen LogP contribution is 2.29. The summed E-state index contributed by atoms with van der Waals surface area (Å²) in [5, 5.41) is 0. The molecule has 0 saturated heterocycles. The zero-order valence-electron chi connectivity index (χ0n) is 9.01. The van der Waals surface area contributed by atoms with E-state index in [1.807, 2.05) is 0 Å². The highest BCUT2D eigenvalue weighted by molar-refractivity contribution is 5.68. The smallest absolute Gasteiger partial charge is 0.0399 e. The highest BCUT2D eigenvalue weighted by atomic mass is 15.1. The number of nitrogens with zero attached hydrogens (tertiary/aromatic N) is 1. The zero-order valence-corrected chi connectivity index (χ0v) is 9.01. The van der Waals surface area contributed by atoms with Gasteiger partial charge in [0.25, 0.3) is 0 Å². The maximum Gasteiger partial charge on any atom is 0.0399 e. The van der Waals surface area contributed by atoms with Gasteiger partial charge in [-0.05, 0) is 43.5 Å². The fraction of sp³-hybridized carbons (Fsp3) is 0.385. The molecule has 0 fully saturated rings. The van der Waals surface area contributed by atoms with Crippen molar-refractivity contribution in [1.29, 1.82) is 0 Å². The van der Waals surface area contributed by atoms with Crippen molar-refractivity contribution in [2.75, 3.05) is 18.0 Å². The molecule has 0 N–H and O–H groups in total. The van der Waals surface area contributed by atoms with Gasteiger partial charge in [-0.1, -0.05) is 18.2 Å². The number of rotatable bonds is 2. The summed E-state index contributed by atoms with van der Waals surface area (Å²) in [6.07, 6.45) is 1.18. The molecule has 0 aliphatic carbocycles. The Balaban J connectivity index is 2.39. The van der Waals surface area contributed by atoms with Crippen LogP contribution in [0.1, 0.15) is 25.0 Å². The molecule has 1 nitrogen and oxygen atoms in total. The lowest BCUT2D eigenvalue weighted by atomic mass is 10.0. The first-order chi connectivity index (χ1) is 6.72. The minimum Gasteiger partial charge on any atom is -0.371 e. The monoisotopic (exact) mass is 187 g/mol. The molecule has 0 spiro atoms. The lowest BCUT2D eigenvalue weighted by Gasteiger charge is -2.16. The molecule has 1 aromatic rings. The van der Waals surface area contributed by atoms with Crippen LogP contribution in [-0.4, -0.2) is 13.1 Å². The Morgan fingerprint density at radius 3 is 2.93 bits per heavy atom. The molecule has 0 unspecified atom stereocenters. The molecular formula is C13H17N. The van der Waals surface area contributed by atoms with E-state index in [1.54, 1.807) is 0 Å². The largest absolute Gasteiger partial charge is 0.371 e. The van der Waals surface area contributed by atoms with Crippen molar-refractivity contribution < 1.29 is 0 Å². The van der Waals surface area contributed by atoms with Gasteiger partial charge in [-0.25, -0.2) is 0 Å². The second-order valence-corrected chi connectivity index (χ2v) is 3.95. The SMILES string of the molecule is C=C(C)c1ccc2c(c1)CCN2CC. The van der Waals surface area contributed by atoms with E-state index in [4.69, 9.17) is 0 Å². The van der Waals surface area contributed by atoms with Crippen LogP contribution >= 0.6 is 0 Å². The van der Waals surface area contributed by atoms with E-state index < -0.39 is 0 Å². The third-order valence-electron chi connectivity index (χ3n) is 2.95. The Bertz CT molecular complexity index is 365. The molecule has 14 heavy (non-hydrogen) atoms. The molecule has 0 atom stereocenters. The molecule has 2 rings (SSSR count). The Labute approximate surface area is 86.1 Å². The molecule has 1 heteroatoms. The molecule has 0 radical (unpaired) electrons. The number of fused-ring (bicyclic) bond motifs is 1. The van der Waals surface area contributed by atoms with Gasteiger partial charge in [-0.3, -0.25) is 0 Å². The van der Waals surface area contributed by atoms with Crippen molar-refractivity contribution in [2.45, 2.75) is 20.3 Å². The van der Waals surface area contributed by atoms with Crippen molar-refractivity contribution >= 4 is 11.3 Å². The molecule has 1 aliphatic rings. The molecule has 0 amide bonds. The number of hydrogen-bond acceptors (Lipinski definition) is 1. The zero-order chi connectivity index (χ0) is 10.1. The first kappa shape index (κ1) is 9.32. The fourth-order valence-electron chi connectivity index (χ4n) is 2.06. The minimum atomic E-state index is 1.11. The van der Waals surface area contributed by atoms with Gasteiger partial charge in [0.1, 0.15) is 0 Å². The average Bonchev–Trinajstić information content (AvgIpc) is 2.59. The summed E-state index contributed by atoms with van der Waals surface area (Å²) in [5.74, 6) is 0. The normalized spacial score (nSPS) is 14.3. The number of allylic oxidation sites excluding steroid dienone is 1. The van der Waals surface area contributed by atoms with Crippen LogP contribution in [0.3, 0.4) is 0 Å². The van der Waals surface area contributed by atoms with E-state index in [2.05, 4.69) is 43.5 Å². The van der Waals surface area contributed by atoms with Gasteiger partial charge in [-0.15, -0.1) is 0 Å². The first-order valence-electron chi connectivity index (χ1n) is 5.26. The van der Waals surface area contributed by atoms with Crippen molar-refractivity contribution in [1.82, 2.24) is 0 Å². The van der Waals surface area contributed by atoms with Gasteiger partial charge in [0.2, 0.25) is 0 Å². The van der Waals surface area contributed by atoms with Gasteiger partial charge < -0.3 is 4.90 Å². The fourth-order valence-corrected chi connectivity index (χ4v) is 2.06. The van der Waals surface area contributed by atoms with Gasteiger partial charge in [0.05, 0.1) is 0 Å². The third kappa shape index (κ3) is 1.43. The molecule has 74 valence electrons. The Morgan fingerprint density at radius 2 is 2.29 bits per heavy atom. The molecule has 1 aromatic carbocycles. The van der Waals surface area contributed by atoms with Crippen LogP contribution in [-0.2, 0) is 6.42 Å². The number of anilines is 1. The summed E-state index contributed by atoms with van der Waals surface area (Å²) in [4.78, 5) is 2.43. The Hall–Kier alpha value is -1.24. The van der Waals surface area contributed by atoms with Crippen LogP contribution in [0, 0.1) is 0 Å². The van der Waals surface area contributed by atoms with E-state index in [9.17, 15) is 0 Å². The van der Waals surface area contributed by atoms with Crippen molar-refractivity contribution in [3.05, 3.63) is 35.9 Å². The first-order valence-corrected chi connectivity index (χ1v) is 5.26. The summed E-state index contributed by atoms with van der Waals surface area (Å²) in [5.41, 5.74) is 5.33. The molecule has 1 aliphatic heterocycles. The highest BCUT2D eigenvalue weighted by Gasteiger charge is 2.17. The second kappa shape index (κ2) is 3.49. The maximum absolute atomic E-state index is 3.98. The van der Waals surface area contributed by atoms with Crippen LogP contribution in [0.5, 0.6) is 0 Å². The average molecular weight is 187 g/mol. The quantitative estimate of drug-likeness (QED) is 0.687. The molecule has 1 heterocycles. The summed E-state index contributed by atoms with van der Waals surface area (Å²) < 4.78 is 0. The van der Waals surface area contributed by atoms with Crippen LogP contribution in [0.4, 0.5) is 5.69 Å². The van der Waals surface area contributed by atoms with E-state index >= 15 is 0 Å². The van der Waals surface area contributed by atoms with E-state index in [0.29, 0.717) is 0 Å². The lowest BCUT2D eigenvalue weighted by molar-refractivity contribution is 0.868. The predicted octanol–water partition coefficient (Wildman–Crippen LogP) is 3.10. The summed E-state index contributed by atoms with van der Waals surface area (Å²) >= 11 is 0. The van der Waals surface area contributed by atoms with E-state index in [1.165, 1.54) is 29.8 Å².